The molecule has 4 atom stereocenters. The second-order valence-electron chi connectivity index (χ2n) is 13.4. The number of morpholine rings is 1. The van der Waals surface area contributed by atoms with Gasteiger partial charge in [-0.2, -0.15) is 0 Å². The van der Waals surface area contributed by atoms with E-state index in [1.807, 2.05) is 25.3 Å². The van der Waals surface area contributed by atoms with Gasteiger partial charge in [0.2, 0.25) is 5.95 Å². The molecule has 14 heteroatoms. The van der Waals surface area contributed by atoms with E-state index in [0.29, 0.717) is 48.3 Å². The van der Waals surface area contributed by atoms with E-state index in [1.54, 1.807) is 25.6 Å². The number of hydrogen-bond acceptors (Lipinski definition) is 9. The third-order valence-electron chi connectivity index (χ3n) is 8.73. The molecule has 1 aliphatic heterocycles. The van der Waals surface area contributed by atoms with Crippen molar-refractivity contribution in [2.45, 2.75) is 77.7 Å². The zero-order valence-corrected chi connectivity index (χ0v) is 30.5. The summed E-state index contributed by atoms with van der Waals surface area (Å²) in [6.07, 6.45) is 15.2. The number of aromatic nitrogens is 4. The summed E-state index contributed by atoms with van der Waals surface area (Å²) in [5.41, 5.74) is 7.65. The fourth-order valence-electron chi connectivity index (χ4n) is 6.43. The molecule has 2 aliphatic rings. The van der Waals surface area contributed by atoms with Gasteiger partial charge in [-0.1, -0.05) is 24.6 Å². The van der Waals surface area contributed by atoms with Gasteiger partial charge < -0.3 is 30.0 Å². The topological polar surface area (TPSA) is 146 Å². The van der Waals surface area contributed by atoms with Crippen molar-refractivity contribution in [2.24, 2.45) is 27.6 Å². The summed E-state index contributed by atoms with van der Waals surface area (Å²) in [6.45, 7) is 11.7. The third-order valence-corrected chi connectivity index (χ3v) is 9.04. The molecule has 2 fully saturated rings. The molecular weight excluding hydrogens is 658 g/mol. The molecule has 13 nitrogen and oxygen atoms in total. The van der Waals surface area contributed by atoms with Crippen molar-refractivity contribution in [3.63, 3.8) is 0 Å². The number of benzene rings is 1. The van der Waals surface area contributed by atoms with Gasteiger partial charge in [-0.3, -0.25) is 9.67 Å². The van der Waals surface area contributed by atoms with Gasteiger partial charge in [0.25, 0.3) is 5.88 Å². The van der Waals surface area contributed by atoms with Gasteiger partial charge in [0, 0.05) is 36.9 Å². The van der Waals surface area contributed by atoms with E-state index in [1.165, 1.54) is 12.7 Å². The highest BCUT2D eigenvalue weighted by atomic mass is 35.5. The molecule has 0 bridgehead atoms. The summed E-state index contributed by atoms with van der Waals surface area (Å²) < 4.78 is 28.0. The molecule has 1 aliphatic carbocycles. The molecule has 1 saturated heterocycles. The quantitative estimate of drug-likeness (QED) is 0.114. The van der Waals surface area contributed by atoms with Crippen LogP contribution in [-0.2, 0) is 9.47 Å². The Labute approximate surface area is 300 Å². The molecule has 270 valence electrons. The fraction of sp³-hybridized carbons (Fsp3) is 0.556. The van der Waals surface area contributed by atoms with Crippen LogP contribution in [0.2, 0.25) is 5.02 Å². The number of methoxy groups -OCH3 is 1. The summed E-state index contributed by atoms with van der Waals surface area (Å²) in [4.78, 5) is 17.2. The Morgan fingerprint density at radius 2 is 1.84 bits per heavy atom. The first-order chi connectivity index (χ1) is 24.2. The van der Waals surface area contributed by atoms with Gasteiger partial charge >= 0.3 is 0 Å². The van der Waals surface area contributed by atoms with E-state index in [-0.39, 0.29) is 30.3 Å². The minimum Gasteiger partial charge on any atom is -0.487 e. The van der Waals surface area contributed by atoms with E-state index in [0.717, 1.165) is 55.6 Å². The molecule has 1 aromatic carbocycles. The highest BCUT2D eigenvalue weighted by Crippen LogP contribution is 2.35. The van der Waals surface area contributed by atoms with Gasteiger partial charge in [-0.25, -0.2) is 19.5 Å². The molecule has 5 rings (SSSR count). The smallest absolute Gasteiger partial charge is 0.256 e. The number of hydrogen-bond donors (Lipinski definition) is 2. The van der Waals surface area contributed by atoms with Crippen LogP contribution in [0.25, 0.3) is 11.1 Å². The summed E-state index contributed by atoms with van der Waals surface area (Å²) in [7, 11) is 1.70. The van der Waals surface area contributed by atoms with E-state index in [2.05, 4.69) is 61.5 Å². The number of nitrogens with two attached hydrogens (primary N) is 1. The van der Waals surface area contributed by atoms with Crippen LogP contribution in [0.15, 0.2) is 46.8 Å². The highest BCUT2D eigenvalue weighted by molar-refractivity contribution is 6.32. The molecule has 50 heavy (non-hydrogen) atoms. The molecule has 0 spiro atoms. The number of nitrogens with one attached hydrogen (secondary N) is 1. The van der Waals surface area contributed by atoms with Gasteiger partial charge in [0.05, 0.1) is 43.4 Å². The van der Waals surface area contributed by atoms with Gasteiger partial charge in [0.15, 0.2) is 13.1 Å². The van der Waals surface area contributed by atoms with Crippen molar-refractivity contribution in [3.8, 4) is 22.8 Å². The number of anilines is 2. The average Bonchev–Trinajstić information content (AvgIpc) is 3.49. The predicted octanol–water partition coefficient (Wildman–Crippen LogP) is 5.80. The summed E-state index contributed by atoms with van der Waals surface area (Å²) >= 11 is 6.44. The zero-order valence-electron chi connectivity index (χ0n) is 29.7. The third kappa shape index (κ3) is 10.7. The second-order valence-corrected chi connectivity index (χ2v) is 13.8. The predicted molar refractivity (Wildman–Crippen MR) is 198 cm³/mol. The summed E-state index contributed by atoms with van der Waals surface area (Å²) in [5, 5.41) is 8.76. The SMILES string of the molecule is COCC(C)COc1nn(C2CCC(C=[N+]3C[C@@H](C)O[C@@H](C)C3)CC2)cc1Nc1ncc(-c2ccc(Cl)c(O[C@@H](C)CN=CN=CN)c2)cn1. The first kappa shape index (κ1) is 37.2. The lowest BCUT2D eigenvalue weighted by atomic mass is 9.86. The molecule has 1 unspecified atom stereocenters. The second kappa shape index (κ2) is 18.2. The van der Waals surface area contributed by atoms with Crippen LogP contribution in [0.5, 0.6) is 11.6 Å². The molecule has 0 amide bonds. The first-order valence-electron chi connectivity index (χ1n) is 17.4. The maximum atomic E-state index is 6.44. The van der Waals surface area contributed by atoms with Crippen molar-refractivity contribution < 1.29 is 23.5 Å². The van der Waals surface area contributed by atoms with Crippen LogP contribution in [0, 0.1) is 11.8 Å². The largest absolute Gasteiger partial charge is 0.487 e. The van der Waals surface area contributed by atoms with E-state index in [4.69, 9.17) is 41.4 Å². The Balaban J connectivity index is 1.26. The number of halogens is 1. The molecule has 3 aromatic rings. The fourth-order valence-corrected chi connectivity index (χ4v) is 6.59. The standard InChI is InChI=1S/C36H51ClN9O4/c1-24(20-47-5)21-48-35-33(19-46(44-35)31-9-6-28(7-10-31)18-45-16-26(3)49-27(4)17-45)43-36-41-14-30(15-42-36)29-8-11-32(37)34(12-29)50-25(2)13-39-23-40-22-38/h8,11-12,14-15,18-19,22-28,31H,6-7,9-10,13,16-17,20-21H2,1-5H3,(H2,38,39,40)(H,41,42,43)/q+1/t24?,25-,26-,27+,28?,31?/m0/s1. The van der Waals surface area contributed by atoms with Gasteiger partial charge in [-0.05, 0) is 64.2 Å². The molecule has 3 N–H and O–H groups in total. The van der Waals surface area contributed by atoms with Crippen LogP contribution in [0.3, 0.4) is 0 Å². The molecular formula is C36H51ClN9O4+. The average molecular weight is 709 g/mol. The van der Waals surface area contributed by atoms with Crippen molar-refractivity contribution in [2.75, 3.05) is 45.3 Å². The molecule has 3 heterocycles. The van der Waals surface area contributed by atoms with Gasteiger partial charge in [0.1, 0.15) is 42.3 Å². The lowest BCUT2D eigenvalue weighted by Crippen LogP contribution is -2.41. The Hall–Kier alpha value is -4.07. The number of rotatable bonds is 15. The summed E-state index contributed by atoms with van der Waals surface area (Å²) in [5.74, 6) is 2.28. The van der Waals surface area contributed by atoms with Crippen LogP contribution in [-0.4, -0.2) is 101 Å². The highest BCUT2D eigenvalue weighted by Gasteiger charge is 2.29. The van der Waals surface area contributed by atoms with Crippen LogP contribution in [0.1, 0.15) is 59.4 Å². The number of aliphatic imine (C=N–C) groups is 2. The maximum Gasteiger partial charge on any atom is 0.256 e. The normalized spacial score (nSPS) is 23.4. The van der Waals surface area contributed by atoms with Crippen LogP contribution >= 0.6 is 11.6 Å². The molecule has 2 aromatic heterocycles. The Morgan fingerprint density at radius 1 is 1.10 bits per heavy atom. The number of ether oxygens (including phenoxy) is 4. The Morgan fingerprint density at radius 3 is 2.54 bits per heavy atom. The number of nitrogens with zero attached hydrogens (tertiary/aromatic N) is 7. The Kier molecular flexibility index (Phi) is 13.6. The monoisotopic (exact) mass is 708 g/mol. The van der Waals surface area contributed by atoms with E-state index in [9.17, 15) is 0 Å². The minimum absolute atomic E-state index is 0.208. The molecule has 0 radical (unpaired) electrons. The van der Waals surface area contributed by atoms with Crippen LogP contribution < -0.4 is 20.5 Å². The van der Waals surface area contributed by atoms with E-state index < -0.39 is 0 Å². The lowest BCUT2D eigenvalue weighted by Gasteiger charge is -2.28. The van der Waals surface area contributed by atoms with E-state index >= 15 is 0 Å². The van der Waals surface area contributed by atoms with Crippen molar-refractivity contribution >= 4 is 42.1 Å². The first-order valence-corrected chi connectivity index (χ1v) is 17.8. The van der Waals surface area contributed by atoms with Crippen LogP contribution in [0.4, 0.5) is 11.6 Å². The van der Waals surface area contributed by atoms with Crippen molar-refractivity contribution in [1.82, 2.24) is 19.7 Å². The Bertz CT molecular complexity index is 1590. The summed E-state index contributed by atoms with van der Waals surface area (Å²) in [6, 6.07) is 5.86. The zero-order chi connectivity index (χ0) is 35.5. The van der Waals surface area contributed by atoms with Gasteiger partial charge in [-0.15, -0.1) is 5.10 Å². The maximum absolute atomic E-state index is 6.44. The van der Waals surface area contributed by atoms with Crippen molar-refractivity contribution in [3.05, 3.63) is 41.8 Å². The minimum atomic E-state index is -0.221. The lowest BCUT2D eigenvalue weighted by molar-refractivity contribution is -0.564. The van der Waals surface area contributed by atoms with Crippen molar-refractivity contribution in [1.29, 1.82) is 0 Å². The molecule has 1 saturated carbocycles.